The summed E-state index contributed by atoms with van der Waals surface area (Å²) in [6.45, 7) is 5.30. The minimum Gasteiger partial charge on any atom is -0.456 e. The van der Waals surface area contributed by atoms with Crippen LogP contribution in [-0.2, 0) is 16.0 Å². The second kappa shape index (κ2) is 8.58. The average molecular weight is 359 g/mol. The molecule has 6 heteroatoms. The number of hydrogen-bond donors (Lipinski definition) is 1. The first kappa shape index (κ1) is 18.9. The largest absolute Gasteiger partial charge is 0.456 e. The van der Waals surface area contributed by atoms with Crippen molar-refractivity contribution in [2.75, 3.05) is 13.2 Å². The van der Waals surface area contributed by atoms with Crippen molar-refractivity contribution in [2.24, 2.45) is 0 Å². The minimum atomic E-state index is -0.641. The molecule has 0 radical (unpaired) electrons. The monoisotopic (exact) mass is 359 g/mol. The normalized spacial score (nSPS) is 10.4. The lowest BCUT2D eigenvalue weighted by Crippen LogP contribution is -2.31. The van der Waals surface area contributed by atoms with E-state index in [-0.39, 0.29) is 24.8 Å². The molecule has 1 heterocycles. The van der Waals surface area contributed by atoms with Gasteiger partial charge in [-0.1, -0.05) is 13.0 Å². The summed E-state index contributed by atoms with van der Waals surface area (Å²) in [5, 5.41) is 2.50. The summed E-state index contributed by atoms with van der Waals surface area (Å²) in [6.07, 6.45) is 0.863. The van der Waals surface area contributed by atoms with Crippen LogP contribution in [0.15, 0.2) is 30.3 Å². The van der Waals surface area contributed by atoms with Crippen molar-refractivity contribution >= 4 is 29.0 Å². The summed E-state index contributed by atoms with van der Waals surface area (Å²) in [6, 6.07) is 8.95. The highest BCUT2D eigenvalue weighted by Crippen LogP contribution is 2.17. The van der Waals surface area contributed by atoms with E-state index in [1.165, 1.54) is 11.3 Å². The summed E-state index contributed by atoms with van der Waals surface area (Å²) < 4.78 is 4.93. The van der Waals surface area contributed by atoms with E-state index in [1.54, 1.807) is 18.2 Å². The number of carbonyl (C=O) groups is 3. The SMILES string of the molecule is CCc1ccc(C(=O)COC(=O)CNC(=O)c2ccc(C)c(C)c2)s1. The summed E-state index contributed by atoms with van der Waals surface area (Å²) in [4.78, 5) is 37.4. The number of ether oxygens (including phenoxy) is 1. The van der Waals surface area contributed by atoms with Gasteiger partial charge in [-0.3, -0.25) is 14.4 Å². The molecule has 5 nitrogen and oxygen atoms in total. The molecule has 25 heavy (non-hydrogen) atoms. The molecule has 0 aliphatic rings. The Kier molecular flexibility index (Phi) is 6.47. The Bertz CT molecular complexity index is 794. The lowest BCUT2D eigenvalue weighted by Gasteiger charge is -2.07. The molecule has 132 valence electrons. The van der Waals surface area contributed by atoms with Crippen LogP contribution in [0.1, 0.15) is 43.0 Å². The Morgan fingerprint density at radius 1 is 1.08 bits per heavy atom. The molecule has 2 rings (SSSR count). The molecule has 0 aliphatic heterocycles. The van der Waals surface area contributed by atoms with Gasteiger partial charge in [-0.15, -0.1) is 11.3 Å². The number of hydrogen-bond acceptors (Lipinski definition) is 5. The standard InChI is InChI=1S/C19H21NO4S/c1-4-15-7-8-17(25-15)16(21)11-24-18(22)10-20-19(23)14-6-5-12(2)13(3)9-14/h5-9H,4,10-11H2,1-3H3,(H,20,23). The highest BCUT2D eigenvalue weighted by Gasteiger charge is 2.13. The fraction of sp³-hybridized carbons (Fsp3) is 0.316. The summed E-state index contributed by atoms with van der Waals surface area (Å²) in [5.41, 5.74) is 2.58. The fourth-order valence-corrected chi connectivity index (χ4v) is 2.99. The molecule has 0 fully saturated rings. The minimum absolute atomic E-state index is 0.237. The quantitative estimate of drug-likeness (QED) is 0.609. The molecule has 2 aromatic rings. The van der Waals surface area contributed by atoms with Gasteiger partial charge in [-0.2, -0.15) is 0 Å². The van der Waals surface area contributed by atoms with Gasteiger partial charge in [0.2, 0.25) is 5.78 Å². The molecule has 1 aromatic carbocycles. The van der Waals surface area contributed by atoms with E-state index in [0.717, 1.165) is 22.4 Å². The molecule has 0 saturated carbocycles. The lowest BCUT2D eigenvalue weighted by molar-refractivity contribution is -0.141. The van der Waals surface area contributed by atoms with Gasteiger partial charge in [0.15, 0.2) is 6.61 Å². The molecular formula is C19H21NO4S. The molecule has 1 N–H and O–H groups in total. The number of ketones is 1. The number of benzene rings is 1. The number of rotatable bonds is 7. The maximum Gasteiger partial charge on any atom is 0.325 e. The van der Waals surface area contributed by atoms with Crippen molar-refractivity contribution in [1.29, 1.82) is 0 Å². The van der Waals surface area contributed by atoms with Crippen LogP contribution in [0, 0.1) is 13.8 Å². The van der Waals surface area contributed by atoms with Gasteiger partial charge in [0.1, 0.15) is 6.54 Å². The number of Topliss-reactive ketones (excluding diaryl/α,β-unsaturated/α-hetero) is 1. The Morgan fingerprint density at radius 3 is 2.48 bits per heavy atom. The summed E-state index contributed by atoms with van der Waals surface area (Å²) in [5.74, 6) is -1.23. The molecule has 1 aromatic heterocycles. The zero-order valence-corrected chi connectivity index (χ0v) is 15.4. The first-order valence-electron chi connectivity index (χ1n) is 8.03. The van der Waals surface area contributed by atoms with Crippen molar-refractivity contribution in [3.63, 3.8) is 0 Å². The summed E-state index contributed by atoms with van der Waals surface area (Å²) in [7, 11) is 0. The second-order valence-electron chi connectivity index (χ2n) is 5.69. The molecule has 0 aliphatic carbocycles. The number of carbonyl (C=O) groups excluding carboxylic acids is 3. The maximum absolute atomic E-state index is 12.0. The Labute approximate surface area is 151 Å². The third-order valence-electron chi connectivity index (χ3n) is 3.81. The molecule has 1 amide bonds. The van der Waals surface area contributed by atoms with E-state index in [9.17, 15) is 14.4 Å². The average Bonchev–Trinajstić information content (AvgIpc) is 3.09. The Balaban J connectivity index is 1.79. The van der Waals surface area contributed by atoms with Gasteiger partial charge in [0.25, 0.3) is 5.91 Å². The topological polar surface area (TPSA) is 72.5 Å². The van der Waals surface area contributed by atoms with E-state index in [4.69, 9.17) is 4.74 Å². The van der Waals surface area contributed by atoms with Crippen molar-refractivity contribution in [1.82, 2.24) is 5.32 Å². The van der Waals surface area contributed by atoms with Crippen LogP contribution in [0.2, 0.25) is 0 Å². The molecule has 0 saturated heterocycles. The van der Waals surface area contributed by atoms with E-state index in [2.05, 4.69) is 5.32 Å². The first-order valence-corrected chi connectivity index (χ1v) is 8.85. The van der Waals surface area contributed by atoms with Gasteiger partial charge < -0.3 is 10.1 Å². The first-order chi connectivity index (χ1) is 11.9. The van der Waals surface area contributed by atoms with Gasteiger partial charge in [-0.25, -0.2) is 0 Å². The predicted octanol–water partition coefficient (Wildman–Crippen LogP) is 3.08. The van der Waals surface area contributed by atoms with E-state index < -0.39 is 5.97 Å². The molecule has 0 unspecified atom stereocenters. The van der Waals surface area contributed by atoms with Gasteiger partial charge in [-0.05, 0) is 55.7 Å². The van der Waals surface area contributed by atoms with Crippen molar-refractivity contribution in [3.8, 4) is 0 Å². The highest BCUT2D eigenvalue weighted by molar-refractivity contribution is 7.14. The predicted molar refractivity (Wildman–Crippen MR) is 97.2 cm³/mol. The smallest absolute Gasteiger partial charge is 0.325 e. The highest BCUT2D eigenvalue weighted by atomic mass is 32.1. The van der Waals surface area contributed by atoms with Gasteiger partial charge in [0, 0.05) is 10.4 Å². The number of amides is 1. The van der Waals surface area contributed by atoms with Crippen LogP contribution in [-0.4, -0.2) is 30.8 Å². The number of aryl methyl sites for hydroxylation is 3. The van der Waals surface area contributed by atoms with Crippen LogP contribution in [0.5, 0.6) is 0 Å². The van der Waals surface area contributed by atoms with E-state index in [1.807, 2.05) is 32.9 Å². The zero-order chi connectivity index (χ0) is 18.4. The summed E-state index contributed by atoms with van der Waals surface area (Å²) >= 11 is 1.40. The molecular weight excluding hydrogens is 338 g/mol. The zero-order valence-electron chi connectivity index (χ0n) is 14.5. The van der Waals surface area contributed by atoms with Crippen molar-refractivity contribution < 1.29 is 19.1 Å². The number of nitrogens with one attached hydrogen (secondary N) is 1. The molecule has 0 atom stereocenters. The van der Waals surface area contributed by atoms with Gasteiger partial charge >= 0.3 is 5.97 Å². The second-order valence-corrected chi connectivity index (χ2v) is 6.85. The maximum atomic E-state index is 12.0. The number of esters is 1. The van der Waals surface area contributed by atoms with E-state index >= 15 is 0 Å². The molecule has 0 spiro atoms. The van der Waals surface area contributed by atoms with Crippen LogP contribution >= 0.6 is 11.3 Å². The van der Waals surface area contributed by atoms with Gasteiger partial charge in [0.05, 0.1) is 4.88 Å². The van der Waals surface area contributed by atoms with Crippen molar-refractivity contribution in [2.45, 2.75) is 27.2 Å². The number of thiophene rings is 1. The Morgan fingerprint density at radius 2 is 1.84 bits per heavy atom. The van der Waals surface area contributed by atoms with Crippen molar-refractivity contribution in [3.05, 3.63) is 56.8 Å². The third-order valence-corrected chi connectivity index (χ3v) is 5.08. The lowest BCUT2D eigenvalue weighted by atomic mass is 10.1. The fourth-order valence-electron chi connectivity index (χ4n) is 2.12. The van der Waals surface area contributed by atoms with Crippen LogP contribution in [0.3, 0.4) is 0 Å². The third kappa shape index (κ3) is 5.26. The van der Waals surface area contributed by atoms with Crippen LogP contribution in [0.25, 0.3) is 0 Å². The van der Waals surface area contributed by atoms with Crippen LogP contribution < -0.4 is 5.32 Å². The Hall–Kier alpha value is -2.47. The molecule has 0 bridgehead atoms. The van der Waals surface area contributed by atoms with E-state index in [0.29, 0.717) is 10.4 Å². The van der Waals surface area contributed by atoms with Crippen LogP contribution in [0.4, 0.5) is 0 Å².